The average molecular weight is 295 g/mol. The van der Waals surface area contributed by atoms with Crippen molar-refractivity contribution in [3.8, 4) is 0 Å². The molecule has 0 N–H and O–H groups in total. The van der Waals surface area contributed by atoms with Crippen LogP contribution in [0.2, 0.25) is 0 Å². The molecule has 1 rings (SSSR count). The Bertz CT molecular complexity index is 332. The molecule has 0 aliphatic carbocycles. The topological polar surface area (TPSA) is 3.24 Å². The van der Waals surface area contributed by atoms with Crippen molar-refractivity contribution in [2.45, 2.75) is 19.5 Å². The normalized spacial score (nSPS) is 13.2. The van der Waals surface area contributed by atoms with Crippen molar-refractivity contribution in [1.82, 2.24) is 4.90 Å². The quantitative estimate of drug-likeness (QED) is 0.766. The molecular weight excluding hydrogens is 280 g/mol. The van der Waals surface area contributed by atoms with Crippen LogP contribution in [-0.2, 0) is 6.54 Å². The van der Waals surface area contributed by atoms with E-state index < -0.39 is 0 Å². The fourth-order valence-corrected chi connectivity index (χ4v) is 1.90. The van der Waals surface area contributed by atoms with Gasteiger partial charge in [0, 0.05) is 22.9 Å². The van der Waals surface area contributed by atoms with Gasteiger partial charge in [-0.15, -0.1) is 11.6 Å². The number of hydrogen-bond acceptors (Lipinski definition) is 1. The Morgan fingerprint density at radius 3 is 2.73 bits per heavy atom. The third-order valence-electron chi connectivity index (χ3n) is 2.41. The van der Waals surface area contributed by atoms with Crippen molar-refractivity contribution in [3.05, 3.63) is 34.1 Å². The molecule has 0 saturated heterocycles. The smallest absolute Gasteiger partial charge is 0.124 e. The van der Waals surface area contributed by atoms with Gasteiger partial charge < -0.3 is 0 Å². The molecule has 0 bridgehead atoms. The second kappa shape index (κ2) is 5.83. The molecule has 4 heteroatoms. The monoisotopic (exact) mass is 293 g/mol. The number of halogens is 3. The molecule has 1 aromatic rings. The van der Waals surface area contributed by atoms with E-state index in [-0.39, 0.29) is 5.82 Å². The summed E-state index contributed by atoms with van der Waals surface area (Å²) in [7, 11) is 2.00. The maximum absolute atomic E-state index is 12.8. The van der Waals surface area contributed by atoms with E-state index in [1.165, 1.54) is 12.1 Å². The fourth-order valence-electron chi connectivity index (χ4n) is 1.19. The third-order valence-corrected chi connectivity index (χ3v) is 3.60. The Morgan fingerprint density at radius 2 is 2.20 bits per heavy atom. The predicted octanol–water partition coefficient (Wildman–Crippen LogP) is 3.65. The Morgan fingerprint density at radius 1 is 1.53 bits per heavy atom. The van der Waals surface area contributed by atoms with Crippen LogP contribution in [0.5, 0.6) is 0 Å². The molecule has 15 heavy (non-hydrogen) atoms. The van der Waals surface area contributed by atoms with Crippen molar-refractivity contribution >= 4 is 27.5 Å². The zero-order valence-electron chi connectivity index (χ0n) is 8.80. The second-order valence-corrected chi connectivity index (χ2v) is 4.82. The standard InChI is InChI=1S/C11H14BrClFN/c1-8(6-13)15(2)7-9-3-4-10(14)5-11(9)12/h3-5,8H,6-7H2,1-2H3. The number of hydrogen-bond donors (Lipinski definition) is 0. The first-order valence-electron chi connectivity index (χ1n) is 4.74. The second-order valence-electron chi connectivity index (χ2n) is 3.65. The van der Waals surface area contributed by atoms with Crippen LogP contribution < -0.4 is 0 Å². The molecule has 0 aliphatic rings. The maximum atomic E-state index is 12.8. The lowest BCUT2D eigenvalue weighted by Gasteiger charge is -2.23. The minimum absolute atomic E-state index is 0.223. The van der Waals surface area contributed by atoms with Gasteiger partial charge in [-0.3, -0.25) is 4.90 Å². The van der Waals surface area contributed by atoms with Crippen molar-refractivity contribution in [2.75, 3.05) is 12.9 Å². The van der Waals surface area contributed by atoms with Crippen molar-refractivity contribution in [1.29, 1.82) is 0 Å². The lowest BCUT2D eigenvalue weighted by Crippen LogP contribution is -2.29. The highest BCUT2D eigenvalue weighted by molar-refractivity contribution is 9.10. The highest BCUT2D eigenvalue weighted by atomic mass is 79.9. The SMILES string of the molecule is CC(CCl)N(C)Cc1ccc(F)cc1Br. The third kappa shape index (κ3) is 3.74. The molecule has 1 aromatic carbocycles. The van der Waals surface area contributed by atoms with Crippen LogP contribution in [0.3, 0.4) is 0 Å². The van der Waals surface area contributed by atoms with Crippen molar-refractivity contribution in [2.24, 2.45) is 0 Å². The Kier molecular flexibility index (Phi) is 5.03. The highest BCUT2D eigenvalue weighted by Gasteiger charge is 2.10. The maximum Gasteiger partial charge on any atom is 0.124 e. The number of alkyl halides is 1. The Balaban J connectivity index is 2.72. The van der Waals surface area contributed by atoms with Gasteiger partial charge in [0.1, 0.15) is 5.82 Å². The molecule has 0 fully saturated rings. The summed E-state index contributed by atoms with van der Waals surface area (Å²) < 4.78 is 13.6. The minimum Gasteiger partial charge on any atom is -0.298 e. The summed E-state index contributed by atoms with van der Waals surface area (Å²) >= 11 is 9.11. The molecule has 0 radical (unpaired) electrons. The molecule has 0 aromatic heterocycles. The molecule has 0 spiro atoms. The summed E-state index contributed by atoms with van der Waals surface area (Å²) in [5.41, 5.74) is 1.07. The van der Waals surface area contributed by atoms with Gasteiger partial charge >= 0.3 is 0 Å². The minimum atomic E-state index is -0.223. The summed E-state index contributed by atoms with van der Waals surface area (Å²) in [5, 5.41) is 0. The molecule has 1 atom stereocenters. The first kappa shape index (κ1) is 12.9. The molecule has 84 valence electrons. The fraction of sp³-hybridized carbons (Fsp3) is 0.455. The van der Waals surface area contributed by atoms with Gasteiger partial charge in [-0.05, 0) is 31.7 Å². The lowest BCUT2D eigenvalue weighted by molar-refractivity contribution is 0.268. The van der Waals surface area contributed by atoms with Gasteiger partial charge in [0.15, 0.2) is 0 Å². The summed E-state index contributed by atoms with van der Waals surface area (Å²) in [6.07, 6.45) is 0. The van der Waals surface area contributed by atoms with Gasteiger partial charge in [0.05, 0.1) is 0 Å². The van der Waals surface area contributed by atoms with Crippen molar-refractivity contribution < 1.29 is 4.39 Å². The van der Waals surface area contributed by atoms with E-state index in [9.17, 15) is 4.39 Å². The van der Waals surface area contributed by atoms with Crippen LogP contribution in [0.25, 0.3) is 0 Å². The molecule has 0 amide bonds. The number of nitrogens with zero attached hydrogens (tertiary/aromatic N) is 1. The molecule has 1 unspecified atom stereocenters. The Hall–Kier alpha value is -0.120. The van der Waals surface area contributed by atoms with E-state index in [1.54, 1.807) is 6.07 Å². The summed E-state index contributed by atoms with van der Waals surface area (Å²) in [5.74, 6) is 0.369. The number of rotatable bonds is 4. The van der Waals surface area contributed by atoms with E-state index in [4.69, 9.17) is 11.6 Å². The molecular formula is C11H14BrClFN. The van der Waals surface area contributed by atoms with Gasteiger partial charge in [-0.1, -0.05) is 22.0 Å². The van der Waals surface area contributed by atoms with E-state index in [1.807, 2.05) is 7.05 Å². The van der Waals surface area contributed by atoms with Crippen molar-refractivity contribution in [3.63, 3.8) is 0 Å². The largest absolute Gasteiger partial charge is 0.298 e. The van der Waals surface area contributed by atoms with E-state index in [0.717, 1.165) is 16.6 Å². The summed E-state index contributed by atoms with van der Waals surface area (Å²) in [4.78, 5) is 2.13. The van der Waals surface area contributed by atoms with Gasteiger partial charge in [0.2, 0.25) is 0 Å². The number of benzene rings is 1. The van der Waals surface area contributed by atoms with E-state index in [0.29, 0.717) is 11.9 Å². The van der Waals surface area contributed by atoms with Crippen LogP contribution >= 0.6 is 27.5 Å². The van der Waals surface area contributed by atoms with Crippen LogP contribution in [0, 0.1) is 5.82 Å². The van der Waals surface area contributed by atoms with E-state index in [2.05, 4.69) is 27.8 Å². The predicted molar refractivity (Wildman–Crippen MR) is 65.7 cm³/mol. The van der Waals surface area contributed by atoms with Crippen LogP contribution in [0.15, 0.2) is 22.7 Å². The van der Waals surface area contributed by atoms with Crippen LogP contribution in [-0.4, -0.2) is 23.9 Å². The van der Waals surface area contributed by atoms with Gasteiger partial charge in [-0.2, -0.15) is 0 Å². The lowest BCUT2D eigenvalue weighted by atomic mass is 10.2. The van der Waals surface area contributed by atoms with Crippen LogP contribution in [0.4, 0.5) is 4.39 Å². The van der Waals surface area contributed by atoms with Gasteiger partial charge in [0.25, 0.3) is 0 Å². The molecule has 0 aliphatic heterocycles. The van der Waals surface area contributed by atoms with E-state index >= 15 is 0 Å². The first-order valence-corrected chi connectivity index (χ1v) is 6.07. The summed E-state index contributed by atoms with van der Waals surface area (Å²) in [6.45, 7) is 2.82. The first-order chi connectivity index (χ1) is 7.04. The highest BCUT2D eigenvalue weighted by Crippen LogP contribution is 2.20. The summed E-state index contributed by atoms with van der Waals surface area (Å²) in [6, 6.07) is 5.05. The van der Waals surface area contributed by atoms with Crippen LogP contribution in [0.1, 0.15) is 12.5 Å². The zero-order valence-corrected chi connectivity index (χ0v) is 11.1. The molecule has 0 saturated carbocycles. The average Bonchev–Trinajstić information content (AvgIpc) is 2.20. The molecule has 1 nitrogen and oxygen atoms in total. The van der Waals surface area contributed by atoms with Gasteiger partial charge in [-0.25, -0.2) is 4.39 Å². The zero-order chi connectivity index (χ0) is 11.4. The Labute approximate surface area is 103 Å². The molecule has 0 heterocycles.